The summed E-state index contributed by atoms with van der Waals surface area (Å²) < 4.78 is 129. The van der Waals surface area contributed by atoms with Crippen molar-refractivity contribution in [1.29, 1.82) is 0 Å². The average Bonchev–Trinajstić information content (AvgIpc) is 0.771. The molecule has 0 saturated heterocycles. The van der Waals surface area contributed by atoms with Gasteiger partial charge in [-0.2, -0.15) is 0 Å². The van der Waals surface area contributed by atoms with Gasteiger partial charge in [-0.1, -0.05) is 91.0 Å². The molecule has 5 aliphatic heterocycles. The molecular formula is C75H65N15O20S5. The number of aliphatic hydroxyl groups is 5. The second-order valence-corrected chi connectivity index (χ2v) is 33.9. The predicted molar refractivity (Wildman–Crippen MR) is 419 cm³/mol. The van der Waals surface area contributed by atoms with Crippen molar-refractivity contribution in [3.63, 3.8) is 0 Å². The lowest BCUT2D eigenvalue weighted by atomic mass is 10.1. The van der Waals surface area contributed by atoms with Crippen LogP contribution in [-0.2, 0) is 74.1 Å². The molecule has 0 spiro atoms. The number of carbonyl (C=O) groups is 5. The van der Waals surface area contributed by atoms with Gasteiger partial charge in [0, 0.05) is 94.0 Å². The number of likely N-dealkylation sites (N-methyl/N-ethyl adjacent to an activating group) is 5. The Balaban J connectivity index is 0.000000142. The number of aliphatic hydroxyl groups excluding tert-OH is 5. The third-order valence-corrected chi connectivity index (χ3v) is 26.3. The van der Waals surface area contributed by atoms with E-state index in [9.17, 15) is 91.6 Å². The molecule has 0 aliphatic carbocycles. The minimum atomic E-state index is -3.91. The molecule has 15 rings (SSSR count). The van der Waals surface area contributed by atoms with Gasteiger partial charge in [0.15, 0.2) is 57.3 Å². The van der Waals surface area contributed by atoms with E-state index in [1.54, 1.807) is 152 Å². The number of hydrogen-bond acceptors (Lipinski definition) is 25. The van der Waals surface area contributed by atoms with Gasteiger partial charge in [0.2, 0.25) is 0 Å². The standard InChI is InChI=1S/5C15H13N3O4S/c5*1-18-13(15(20)17-12-8-4-5-9-16-12)14(19)10-6-2-3-7-11(10)23(18,21)22/h5*2-9,19H,1H3,(H,16,17,20). The van der Waals surface area contributed by atoms with Crippen molar-refractivity contribution in [2.45, 2.75) is 24.5 Å². The number of rotatable bonds is 10. The van der Waals surface area contributed by atoms with Crippen LogP contribution >= 0.6 is 0 Å². The largest absolute Gasteiger partial charge is 0.505 e. The minimum Gasteiger partial charge on any atom is -0.505 e. The van der Waals surface area contributed by atoms with Crippen LogP contribution in [0.4, 0.5) is 29.1 Å². The summed E-state index contributed by atoms with van der Waals surface area (Å²) in [5.41, 5.74) is -1.29. The third-order valence-electron chi connectivity index (χ3n) is 17.2. The van der Waals surface area contributed by atoms with Gasteiger partial charge in [-0.05, 0) is 121 Å². The number of aromatic nitrogens is 5. The summed E-state index contributed by atoms with van der Waals surface area (Å²) in [6.45, 7) is 0. The quantitative estimate of drug-likeness (QED) is 0.0621. The van der Waals surface area contributed by atoms with Gasteiger partial charge in [0.05, 0.1) is 24.5 Å². The molecule has 0 atom stereocenters. The zero-order chi connectivity index (χ0) is 83.1. The lowest BCUT2D eigenvalue weighted by Crippen LogP contribution is -2.37. The number of anilines is 5. The maximum Gasteiger partial charge on any atom is 0.277 e. The molecule has 10 heterocycles. The van der Waals surface area contributed by atoms with Gasteiger partial charge < -0.3 is 52.1 Å². The summed E-state index contributed by atoms with van der Waals surface area (Å²) in [5, 5.41) is 64.2. The SMILES string of the molecule is CN1C(C(=O)Nc2ccccn2)=C(O)c2ccccc2S1(=O)=O.CN1C(C(=O)Nc2ccccn2)=C(O)c2ccccc2S1(=O)=O.CN1C(C(=O)Nc2ccccn2)=C(O)c2ccccc2S1(=O)=O.CN1C(C(=O)Nc2ccccn2)=C(O)c2ccccc2S1(=O)=O.CN1C(C(=O)Nc2ccccn2)=C(O)c2ccccc2S1(=O)=O. The van der Waals surface area contributed by atoms with E-state index < -0.39 is 108 Å². The highest BCUT2D eigenvalue weighted by Gasteiger charge is 2.43. The number of pyridine rings is 5. The predicted octanol–water partition coefficient (Wildman–Crippen LogP) is 7.91. The summed E-state index contributed by atoms with van der Waals surface area (Å²) in [6.07, 6.45) is 7.43. The summed E-state index contributed by atoms with van der Waals surface area (Å²) >= 11 is 0. The summed E-state index contributed by atoms with van der Waals surface area (Å²) in [6, 6.07) is 54.4. The van der Waals surface area contributed by atoms with Gasteiger partial charge in [-0.3, -0.25) is 45.5 Å². The van der Waals surface area contributed by atoms with Crippen LogP contribution in [0, 0.1) is 0 Å². The third kappa shape index (κ3) is 16.4. The molecule has 0 bridgehead atoms. The topological polar surface area (TPSA) is 498 Å². The van der Waals surface area contributed by atoms with Crippen LogP contribution < -0.4 is 26.6 Å². The molecule has 0 radical (unpaired) electrons. The van der Waals surface area contributed by atoms with Gasteiger partial charge in [-0.15, -0.1) is 0 Å². The van der Waals surface area contributed by atoms with E-state index in [4.69, 9.17) is 0 Å². The van der Waals surface area contributed by atoms with Crippen LogP contribution in [0.3, 0.4) is 0 Å². The Morgan fingerprint density at radius 2 is 0.374 bits per heavy atom. The lowest BCUT2D eigenvalue weighted by Gasteiger charge is -2.28. The average molecular weight is 1660 g/mol. The Morgan fingerprint density at radius 3 is 0.513 bits per heavy atom. The highest BCUT2D eigenvalue weighted by atomic mass is 32.2. The summed E-state index contributed by atoms with van der Waals surface area (Å²) in [5.74, 6) is -4.53. The number of nitrogens with one attached hydrogen (secondary N) is 5. The molecule has 0 unspecified atom stereocenters. The van der Waals surface area contributed by atoms with Crippen LogP contribution in [0.2, 0.25) is 0 Å². The van der Waals surface area contributed by atoms with Crippen LogP contribution in [0.5, 0.6) is 0 Å². The highest BCUT2D eigenvalue weighted by Crippen LogP contribution is 2.40. The van der Waals surface area contributed by atoms with Crippen molar-refractivity contribution < 1.29 is 91.6 Å². The van der Waals surface area contributed by atoms with Crippen LogP contribution in [0.15, 0.2) is 296 Å². The van der Waals surface area contributed by atoms with Crippen molar-refractivity contribution >= 4 is 138 Å². The first kappa shape index (κ1) is 81.6. The molecule has 0 saturated carbocycles. The normalized spacial score (nSPS) is 16.0. The van der Waals surface area contributed by atoms with E-state index in [0.29, 0.717) is 0 Å². The number of benzene rings is 5. The molecule has 0 fully saturated rings. The molecular weight excluding hydrogens is 1590 g/mol. The number of sulfonamides is 5. The first-order valence-electron chi connectivity index (χ1n) is 33.3. The van der Waals surface area contributed by atoms with E-state index in [2.05, 4.69) is 51.5 Å². The fourth-order valence-electron chi connectivity index (χ4n) is 11.5. The maximum atomic E-state index is 12.5. The number of amides is 5. The van der Waals surface area contributed by atoms with Crippen molar-refractivity contribution in [3.8, 4) is 0 Å². The minimum absolute atomic E-state index is 0.0469. The molecule has 10 N–H and O–H groups in total. The Hall–Kier alpha value is -14.4. The monoisotopic (exact) mass is 1660 g/mol. The fourth-order valence-corrected chi connectivity index (χ4v) is 18.5. The van der Waals surface area contributed by atoms with E-state index >= 15 is 0 Å². The zero-order valence-electron chi connectivity index (χ0n) is 60.5. The number of hydrogen-bond donors (Lipinski definition) is 10. The lowest BCUT2D eigenvalue weighted by molar-refractivity contribution is -0.114. The first-order valence-corrected chi connectivity index (χ1v) is 40.5. The van der Waals surface area contributed by atoms with Gasteiger partial charge in [0.1, 0.15) is 29.1 Å². The Bertz CT molecular complexity index is 5420. The summed E-state index contributed by atoms with van der Waals surface area (Å²) in [4.78, 5) is 81.5. The van der Waals surface area contributed by atoms with Crippen molar-refractivity contribution in [2.75, 3.05) is 61.8 Å². The highest BCUT2D eigenvalue weighted by molar-refractivity contribution is 7.90. The molecule has 590 valence electrons. The van der Waals surface area contributed by atoms with Gasteiger partial charge in [0.25, 0.3) is 79.7 Å². The number of fused-ring (bicyclic) bond motifs is 5. The van der Waals surface area contributed by atoms with E-state index in [-0.39, 0.29) is 110 Å². The molecule has 5 amide bonds. The maximum absolute atomic E-state index is 12.5. The molecule has 5 aromatic carbocycles. The van der Waals surface area contributed by atoms with Crippen LogP contribution in [0.25, 0.3) is 28.8 Å². The second kappa shape index (κ2) is 33.3. The molecule has 5 aromatic heterocycles. The second-order valence-electron chi connectivity index (χ2n) is 24.2. The van der Waals surface area contributed by atoms with Crippen molar-refractivity contribution in [1.82, 2.24) is 46.4 Å². The smallest absolute Gasteiger partial charge is 0.277 e. The number of nitrogens with zero attached hydrogens (tertiary/aromatic N) is 10. The molecule has 115 heavy (non-hydrogen) atoms. The molecule has 40 heteroatoms. The Kier molecular flexibility index (Phi) is 23.6. The Morgan fingerprint density at radius 1 is 0.235 bits per heavy atom. The van der Waals surface area contributed by atoms with Crippen LogP contribution in [-0.4, -0.2) is 179 Å². The van der Waals surface area contributed by atoms with Crippen molar-refractivity contribution in [3.05, 3.63) is 300 Å². The van der Waals surface area contributed by atoms with Gasteiger partial charge in [-0.25, -0.2) is 67.0 Å². The zero-order valence-corrected chi connectivity index (χ0v) is 64.5. The van der Waals surface area contributed by atoms with Crippen LogP contribution in [0.1, 0.15) is 27.8 Å². The van der Waals surface area contributed by atoms with E-state index in [1.807, 2.05) is 0 Å². The van der Waals surface area contributed by atoms with E-state index in [0.717, 1.165) is 21.5 Å². The molecule has 10 aromatic rings. The molecule has 35 nitrogen and oxygen atoms in total. The van der Waals surface area contributed by atoms with Crippen molar-refractivity contribution in [2.24, 2.45) is 0 Å². The summed E-state index contributed by atoms with van der Waals surface area (Å²) in [7, 11) is -13.4. The fraction of sp³-hybridized carbons (Fsp3) is 0.0667. The van der Waals surface area contributed by atoms with Gasteiger partial charge >= 0.3 is 0 Å². The number of carbonyl (C=O) groups excluding carboxylic acids is 5. The molecule has 5 aliphatic rings. The Labute approximate surface area is 657 Å². The van der Waals surface area contributed by atoms with E-state index in [1.165, 1.54) is 127 Å². The first-order chi connectivity index (χ1) is 54.6.